The molecule has 0 aromatic carbocycles. The Kier molecular flexibility index (Phi) is 4.99. The van der Waals surface area contributed by atoms with Crippen molar-refractivity contribution in [1.29, 1.82) is 0 Å². The summed E-state index contributed by atoms with van der Waals surface area (Å²) in [6.45, 7) is 3.07. The molecular weight excluding hydrogens is 364 g/mol. The van der Waals surface area contributed by atoms with Crippen molar-refractivity contribution in [3.8, 4) is 0 Å². The van der Waals surface area contributed by atoms with E-state index in [1.807, 2.05) is 6.92 Å². The minimum Gasteiger partial charge on any atom is -0.478 e. The largest absolute Gasteiger partial charge is 0.478 e. The van der Waals surface area contributed by atoms with Gasteiger partial charge < -0.3 is 10.0 Å². The summed E-state index contributed by atoms with van der Waals surface area (Å²) in [5, 5.41) is 10.3. The molecule has 0 radical (unpaired) electrons. The molecular formula is C16H20N2O5S2. The molecule has 136 valence electrons. The molecule has 0 spiro atoms. The summed E-state index contributed by atoms with van der Waals surface area (Å²) >= 11 is 0.904. The molecule has 2 aliphatic rings. The molecule has 1 aliphatic carbocycles. The highest BCUT2D eigenvalue weighted by Gasteiger charge is 2.31. The molecule has 1 aliphatic heterocycles. The van der Waals surface area contributed by atoms with Gasteiger partial charge in [-0.3, -0.25) is 4.79 Å². The molecule has 1 aromatic rings. The number of piperazine rings is 1. The summed E-state index contributed by atoms with van der Waals surface area (Å²) < 4.78 is 26.5. The number of allylic oxidation sites excluding steroid dienone is 1. The highest BCUT2D eigenvalue weighted by molar-refractivity contribution is 7.91. The standard InChI is InChI=1S/C16H20N2O5S2/c1-11(12-2-3-12)8-14(19)17-4-6-18(7-5-17)25(22,23)15-9-13(10-24-15)16(20)21/h8-10,12H,2-7H2,1H3,(H,20,21). The number of carboxylic acids is 1. The number of carbonyl (C=O) groups excluding carboxylic acids is 1. The van der Waals surface area contributed by atoms with E-state index < -0.39 is 16.0 Å². The lowest BCUT2D eigenvalue weighted by Gasteiger charge is -2.33. The van der Waals surface area contributed by atoms with Crippen molar-refractivity contribution in [2.75, 3.05) is 26.2 Å². The van der Waals surface area contributed by atoms with Crippen LogP contribution in [0.2, 0.25) is 0 Å². The van der Waals surface area contributed by atoms with Crippen LogP contribution < -0.4 is 0 Å². The lowest BCUT2D eigenvalue weighted by atomic mass is 10.2. The van der Waals surface area contributed by atoms with Crippen molar-refractivity contribution < 1.29 is 23.1 Å². The van der Waals surface area contributed by atoms with E-state index in [-0.39, 0.29) is 28.8 Å². The van der Waals surface area contributed by atoms with Crippen molar-refractivity contribution >= 4 is 33.2 Å². The number of carbonyl (C=O) groups is 2. The van der Waals surface area contributed by atoms with E-state index in [0.717, 1.165) is 29.8 Å². The summed E-state index contributed by atoms with van der Waals surface area (Å²) in [5.41, 5.74) is 1.07. The van der Waals surface area contributed by atoms with Crippen LogP contribution in [-0.2, 0) is 14.8 Å². The molecule has 1 N–H and O–H groups in total. The van der Waals surface area contributed by atoms with Gasteiger partial charge in [0.25, 0.3) is 10.0 Å². The van der Waals surface area contributed by atoms with E-state index in [9.17, 15) is 18.0 Å². The van der Waals surface area contributed by atoms with Gasteiger partial charge in [0, 0.05) is 37.6 Å². The van der Waals surface area contributed by atoms with Gasteiger partial charge in [-0.05, 0) is 31.7 Å². The molecule has 2 fully saturated rings. The van der Waals surface area contributed by atoms with Crippen molar-refractivity contribution in [3.05, 3.63) is 28.7 Å². The zero-order valence-electron chi connectivity index (χ0n) is 13.8. The van der Waals surface area contributed by atoms with E-state index in [4.69, 9.17) is 5.11 Å². The maximum atomic E-state index is 12.6. The Morgan fingerprint density at radius 3 is 2.40 bits per heavy atom. The summed E-state index contributed by atoms with van der Waals surface area (Å²) in [6, 6.07) is 1.18. The minimum atomic E-state index is -3.72. The predicted molar refractivity (Wildman–Crippen MR) is 93.1 cm³/mol. The Hall–Kier alpha value is -1.71. The second kappa shape index (κ2) is 6.89. The molecule has 7 nitrogen and oxygen atoms in total. The lowest BCUT2D eigenvalue weighted by Crippen LogP contribution is -2.50. The van der Waals surface area contributed by atoms with Crippen LogP contribution in [0, 0.1) is 5.92 Å². The number of hydrogen-bond acceptors (Lipinski definition) is 5. The van der Waals surface area contributed by atoms with E-state index in [1.165, 1.54) is 15.8 Å². The number of rotatable bonds is 5. The number of nitrogens with zero attached hydrogens (tertiary/aromatic N) is 2. The third kappa shape index (κ3) is 3.94. The molecule has 1 aromatic heterocycles. The van der Waals surface area contributed by atoms with Gasteiger partial charge in [-0.15, -0.1) is 11.3 Å². The monoisotopic (exact) mass is 384 g/mol. The zero-order valence-corrected chi connectivity index (χ0v) is 15.5. The maximum Gasteiger partial charge on any atom is 0.336 e. The van der Waals surface area contributed by atoms with Crippen LogP contribution in [0.3, 0.4) is 0 Å². The second-order valence-corrected chi connectivity index (χ2v) is 9.43. The van der Waals surface area contributed by atoms with Crippen LogP contribution in [0.25, 0.3) is 0 Å². The highest BCUT2D eigenvalue weighted by Crippen LogP contribution is 2.36. The Morgan fingerprint density at radius 1 is 1.24 bits per heavy atom. The van der Waals surface area contributed by atoms with E-state index in [1.54, 1.807) is 11.0 Å². The Labute approximate surface area is 150 Å². The maximum absolute atomic E-state index is 12.6. The van der Waals surface area contributed by atoms with Crippen molar-refractivity contribution in [2.45, 2.75) is 24.0 Å². The first-order chi connectivity index (χ1) is 11.8. The molecule has 3 rings (SSSR count). The van der Waals surface area contributed by atoms with Crippen molar-refractivity contribution in [2.24, 2.45) is 5.92 Å². The first kappa shape index (κ1) is 18.1. The van der Waals surface area contributed by atoms with Gasteiger partial charge in [-0.2, -0.15) is 4.31 Å². The Bertz CT molecular complexity index is 815. The van der Waals surface area contributed by atoms with Gasteiger partial charge in [0.2, 0.25) is 5.91 Å². The summed E-state index contributed by atoms with van der Waals surface area (Å²) in [7, 11) is -3.72. The number of carboxylic acid groups (broad SMARTS) is 1. The molecule has 0 atom stereocenters. The third-order valence-corrected chi connectivity index (χ3v) is 7.85. The molecule has 2 heterocycles. The number of hydrogen-bond donors (Lipinski definition) is 1. The summed E-state index contributed by atoms with van der Waals surface area (Å²) in [5.74, 6) is -0.676. The van der Waals surface area contributed by atoms with Crippen LogP contribution in [0.5, 0.6) is 0 Å². The van der Waals surface area contributed by atoms with Gasteiger partial charge in [-0.1, -0.05) is 5.57 Å². The molecule has 1 amide bonds. The van der Waals surface area contributed by atoms with Crippen molar-refractivity contribution in [1.82, 2.24) is 9.21 Å². The Balaban J connectivity index is 1.63. The molecule has 1 saturated carbocycles. The summed E-state index contributed by atoms with van der Waals surface area (Å²) in [6.07, 6.45) is 3.95. The van der Waals surface area contributed by atoms with Gasteiger partial charge in [-0.25, -0.2) is 13.2 Å². The van der Waals surface area contributed by atoms with Crippen LogP contribution in [0.15, 0.2) is 27.3 Å². The van der Waals surface area contributed by atoms with Gasteiger partial charge in [0.15, 0.2) is 0 Å². The lowest BCUT2D eigenvalue weighted by molar-refractivity contribution is -0.127. The minimum absolute atomic E-state index is 0.0224. The van der Waals surface area contributed by atoms with Crippen molar-refractivity contribution in [3.63, 3.8) is 0 Å². The first-order valence-corrected chi connectivity index (χ1v) is 10.4. The van der Waals surface area contributed by atoms with Gasteiger partial charge in [0.05, 0.1) is 5.56 Å². The molecule has 0 bridgehead atoms. The number of sulfonamides is 1. The fraction of sp³-hybridized carbons (Fsp3) is 0.500. The number of aromatic carboxylic acids is 1. The molecule has 0 unspecified atom stereocenters. The highest BCUT2D eigenvalue weighted by atomic mass is 32.2. The third-order valence-electron chi connectivity index (χ3n) is 4.54. The van der Waals surface area contributed by atoms with Crippen LogP contribution in [-0.4, -0.2) is 60.8 Å². The number of thiophene rings is 1. The van der Waals surface area contributed by atoms with Crippen LogP contribution in [0.4, 0.5) is 0 Å². The predicted octanol–water partition coefficient (Wildman–Crippen LogP) is 1.64. The fourth-order valence-corrected chi connectivity index (χ4v) is 5.51. The quantitative estimate of drug-likeness (QED) is 0.779. The van der Waals surface area contributed by atoms with E-state index in [0.29, 0.717) is 19.0 Å². The van der Waals surface area contributed by atoms with Crippen LogP contribution >= 0.6 is 11.3 Å². The van der Waals surface area contributed by atoms with Crippen LogP contribution in [0.1, 0.15) is 30.1 Å². The second-order valence-electron chi connectivity index (χ2n) is 6.35. The zero-order chi connectivity index (χ0) is 18.2. The van der Waals surface area contributed by atoms with Gasteiger partial charge in [0.1, 0.15) is 4.21 Å². The van der Waals surface area contributed by atoms with Gasteiger partial charge >= 0.3 is 5.97 Å². The summed E-state index contributed by atoms with van der Waals surface area (Å²) in [4.78, 5) is 24.8. The molecule has 9 heteroatoms. The molecule has 1 saturated heterocycles. The topological polar surface area (TPSA) is 95.0 Å². The first-order valence-electron chi connectivity index (χ1n) is 8.08. The van der Waals surface area contributed by atoms with E-state index >= 15 is 0 Å². The normalized spacial score (nSPS) is 19.9. The number of amides is 1. The van der Waals surface area contributed by atoms with E-state index in [2.05, 4.69) is 0 Å². The smallest absolute Gasteiger partial charge is 0.336 e. The fourth-order valence-electron chi connectivity index (χ4n) is 2.78. The average Bonchev–Trinajstić information content (AvgIpc) is 3.30. The Morgan fingerprint density at radius 2 is 1.88 bits per heavy atom. The SMILES string of the molecule is CC(=CC(=O)N1CCN(S(=O)(=O)c2cc(C(=O)O)cs2)CC1)C1CC1. The average molecular weight is 384 g/mol. The molecule has 25 heavy (non-hydrogen) atoms.